The molecule has 0 N–H and O–H groups in total. The minimum Gasteiger partial charge on any atom is -0.460 e. The summed E-state index contributed by atoms with van der Waals surface area (Å²) in [7, 11) is -2.84. The minimum atomic E-state index is -2.84. The number of carbonyl (C=O) groups is 2. The fourth-order valence-corrected chi connectivity index (χ4v) is 9.37. The normalized spacial score (nSPS) is 22.6. The first-order valence-corrected chi connectivity index (χ1v) is 14.5. The highest BCUT2D eigenvalue weighted by Crippen LogP contribution is 2.38. The topological polar surface area (TPSA) is 52.6 Å². The summed E-state index contributed by atoms with van der Waals surface area (Å²) in [5.74, 6) is -0.283. The molecule has 1 heterocycles. The molecule has 0 unspecified atom stereocenters. The molecule has 35 heavy (non-hydrogen) atoms. The number of hydrogen-bond donors (Lipinski definition) is 0. The van der Waals surface area contributed by atoms with E-state index in [0.29, 0.717) is 12.8 Å². The third kappa shape index (κ3) is 7.12. The van der Waals surface area contributed by atoms with Gasteiger partial charge in [-0.15, -0.1) is 0 Å². The van der Waals surface area contributed by atoms with Gasteiger partial charge in [-0.05, 0) is 60.2 Å². The van der Waals surface area contributed by atoms with Crippen molar-refractivity contribution in [3.05, 3.63) is 85.0 Å². The van der Waals surface area contributed by atoms with Crippen LogP contribution in [0.15, 0.2) is 85.0 Å². The van der Waals surface area contributed by atoms with Gasteiger partial charge in [0.1, 0.15) is 0 Å². The van der Waals surface area contributed by atoms with E-state index in [0.717, 1.165) is 29.6 Å². The van der Waals surface area contributed by atoms with Gasteiger partial charge in [0, 0.05) is 12.5 Å². The zero-order valence-electron chi connectivity index (χ0n) is 21.4. The molecule has 2 aromatic rings. The maximum atomic E-state index is 12.6. The number of carbonyl (C=O) groups excluding carboxylic acids is 2. The Bertz CT molecular complexity index is 982. The largest absolute Gasteiger partial charge is 0.460 e. The van der Waals surface area contributed by atoms with Crippen LogP contribution in [0.5, 0.6) is 0 Å². The predicted octanol–water partition coefficient (Wildman–Crippen LogP) is 5.51. The van der Waals surface area contributed by atoms with Crippen molar-refractivity contribution in [2.24, 2.45) is 0 Å². The van der Waals surface area contributed by atoms with Gasteiger partial charge in [0.15, 0.2) is 5.78 Å². The van der Waals surface area contributed by atoms with Gasteiger partial charge in [-0.2, -0.15) is 0 Å². The summed E-state index contributed by atoms with van der Waals surface area (Å²) in [4.78, 5) is 25.1. The molecule has 1 aliphatic heterocycles. The Morgan fingerprint density at radius 1 is 0.886 bits per heavy atom. The van der Waals surface area contributed by atoms with Crippen LogP contribution in [-0.4, -0.2) is 32.3 Å². The summed E-state index contributed by atoms with van der Waals surface area (Å²) in [6.07, 6.45) is 9.58. The molecule has 3 rings (SSSR count). The lowest BCUT2D eigenvalue weighted by Crippen LogP contribution is -2.67. The molecule has 5 heteroatoms. The molecule has 0 amide bonds. The average Bonchev–Trinajstić information content (AvgIpc) is 2.83. The molecule has 0 saturated carbocycles. The Labute approximate surface area is 211 Å². The first-order chi connectivity index (χ1) is 16.7. The molecule has 0 spiro atoms. The first kappa shape index (κ1) is 26.8. The van der Waals surface area contributed by atoms with Gasteiger partial charge in [-0.1, -0.05) is 87.5 Å². The van der Waals surface area contributed by atoms with Crippen LogP contribution in [0.2, 0.25) is 5.04 Å². The number of cyclic esters (lactones) is 1. The molecule has 0 fully saturated rings. The summed E-state index contributed by atoms with van der Waals surface area (Å²) in [6.45, 7) is 8.56. The zero-order chi connectivity index (χ0) is 25.3. The van der Waals surface area contributed by atoms with Crippen LogP contribution in [0.25, 0.3) is 0 Å². The number of ether oxygens (including phenoxy) is 1. The van der Waals surface area contributed by atoms with Crippen molar-refractivity contribution < 1.29 is 18.8 Å². The number of hydrogen-bond acceptors (Lipinski definition) is 4. The molecule has 2 atom stereocenters. The van der Waals surface area contributed by atoms with Crippen LogP contribution in [0.1, 0.15) is 59.8 Å². The third-order valence-corrected chi connectivity index (χ3v) is 11.5. The molecule has 1 aliphatic rings. The van der Waals surface area contributed by atoms with Crippen molar-refractivity contribution in [3.8, 4) is 0 Å². The van der Waals surface area contributed by atoms with E-state index < -0.39 is 14.4 Å². The number of ketones is 1. The van der Waals surface area contributed by atoms with Gasteiger partial charge in [0.05, 0.1) is 12.2 Å². The number of allylic oxidation sites excluding steroid dienone is 2. The molecule has 186 valence electrons. The van der Waals surface area contributed by atoms with Gasteiger partial charge < -0.3 is 9.16 Å². The van der Waals surface area contributed by atoms with E-state index in [1.54, 1.807) is 12.2 Å². The van der Waals surface area contributed by atoms with Gasteiger partial charge in [-0.3, -0.25) is 4.79 Å². The molecule has 4 nitrogen and oxygen atoms in total. The van der Waals surface area contributed by atoms with Crippen LogP contribution >= 0.6 is 0 Å². The lowest BCUT2D eigenvalue weighted by Gasteiger charge is -2.44. The highest BCUT2D eigenvalue weighted by molar-refractivity contribution is 6.99. The molecule has 0 aliphatic carbocycles. The maximum Gasteiger partial charge on any atom is 0.330 e. The fraction of sp³-hybridized carbons (Fsp3) is 0.400. The van der Waals surface area contributed by atoms with E-state index in [4.69, 9.17) is 9.16 Å². The maximum absolute atomic E-state index is 12.6. The zero-order valence-corrected chi connectivity index (χ0v) is 22.4. The molecule has 0 aromatic heterocycles. The second-order valence-electron chi connectivity index (χ2n) is 10.3. The Balaban J connectivity index is 2.05. The monoisotopic (exact) mass is 490 g/mol. The molecular weight excluding hydrogens is 452 g/mol. The Hall–Kier alpha value is -2.76. The lowest BCUT2D eigenvalue weighted by molar-refractivity contribution is -0.142. The minimum absolute atomic E-state index is 0.0853. The Morgan fingerprint density at radius 2 is 1.49 bits per heavy atom. The first-order valence-electron chi connectivity index (χ1n) is 12.6. The van der Waals surface area contributed by atoms with Crippen LogP contribution in [0.4, 0.5) is 0 Å². The third-order valence-electron chi connectivity index (χ3n) is 6.47. The van der Waals surface area contributed by atoms with Crippen LogP contribution in [0, 0.1) is 0 Å². The number of esters is 1. The van der Waals surface area contributed by atoms with Gasteiger partial charge in [0.25, 0.3) is 8.32 Å². The summed E-state index contributed by atoms with van der Waals surface area (Å²) < 4.78 is 12.7. The average molecular weight is 491 g/mol. The van der Waals surface area contributed by atoms with E-state index in [9.17, 15) is 9.59 Å². The summed E-state index contributed by atoms with van der Waals surface area (Å²) in [5.41, 5.74) is 0. The van der Waals surface area contributed by atoms with Crippen molar-refractivity contribution >= 4 is 30.4 Å². The fourth-order valence-electron chi connectivity index (χ4n) is 4.70. The van der Waals surface area contributed by atoms with E-state index in [-0.39, 0.29) is 22.9 Å². The predicted molar refractivity (Wildman–Crippen MR) is 144 cm³/mol. The van der Waals surface area contributed by atoms with Crippen molar-refractivity contribution in [3.63, 3.8) is 0 Å². The van der Waals surface area contributed by atoms with Gasteiger partial charge in [-0.25, -0.2) is 4.79 Å². The van der Waals surface area contributed by atoms with Crippen LogP contribution < -0.4 is 10.4 Å². The quantitative estimate of drug-likeness (QED) is 0.419. The van der Waals surface area contributed by atoms with E-state index >= 15 is 0 Å². The van der Waals surface area contributed by atoms with Crippen molar-refractivity contribution in [1.82, 2.24) is 0 Å². The lowest BCUT2D eigenvalue weighted by atomic mass is 10.1. The summed E-state index contributed by atoms with van der Waals surface area (Å²) in [6, 6.07) is 20.8. The number of benzene rings is 2. The summed E-state index contributed by atoms with van der Waals surface area (Å²) >= 11 is 0. The smallest absolute Gasteiger partial charge is 0.330 e. The van der Waals surface area contributed by atoms with Crippen molar-refractivity contribution in [1.29, 1.82) is 0 Å². The Morgan fingerprint density at radius 3 is 2.06 bits per heavy atom. The second kappa shape index (κ2) is 12.3. The molecule has 2 aromatic carbocycles. The molecular formula is C30H38O4Si. The Kier molecular flexibility index (Phi) is 9.41. The molecule has 0 radical (unpaired) electrons. The molecule has 0 bridgehead atoms. The van der Waals surface area contributed by atoms with E-state index in [1.807, 2.05) is 49.4 Å². The highest BCUT2D eigenvalue weighted by Gasteiger charge is 2.51. The van der Waals surface area contributed by atoms with Crippen LogP contribution in [-0.2, 0) is 18.8 Å². The molecule has 0 saturated heterocycles. The van der Waals surface area contributed by atoms with Crippen molar-refractivity contribution in [2.45, 2.75) is 77.0 Å². The van der Waals surface area contributed by atoms with Gasteiger partial charge in [0.2, 0.25) is 0 Å². The second-order valence-corrected chi connectivity index (χ2v) is 14.5. The summed E-state index contributed by atoms with van der Waals surface area (Å²) in [5, 5.41) is 2.12. The SMILES string of the molecule is C[C@H]1CCC/C=C/C(=O)CC[C@H](O[Si](c2ccccc2)(c2ccccc2)C(C)(C)C)/C=C/C(=O)O1. The van der Waals surface area contributed by atoms with Gasteiger partial charge >= 0.3 is 5.97 Å². The van der Waals surface area contributed by atoms with E-state index in [2.05, 4.69) is 45.0 Å². The highest BCUT2D eigenvalue weighted by atomic mass is 28.4. The standard InChI is InChI=1S/C30H38O4Si/c1-24-14-8-5-9-15-25(31)20-21-26(22-23-29(32)33-24)34-35(30(2,3)4,27-16-10-6-11-17-27)28-18-12-7-13-19-28/h6-7,9-13,15-19,22-24,26H,5,8,14,20-21H2,1-4H3/b15-9+,23-22+/t24-,26-/m0/s1. The van der Waals surface area contributed by atoms with E-state index in [1.165, 1.54) is 6.08 Å². The van der Waals surface area contributed by atoms with Crippen molar-refractivity contribution in [2.75, 3.05) is 0 Å². The van der Waals surface area contributed by atoms with Crippen LogP contribution in [0.3, 0.4) is 0 Å². The number of rotatable bonds is 4.